The van der Waals surface area contributed by atoms with Crippen molar-refractivity contribution >= 4 is 27.7 Å². The Hall–Kier alpha value is 0.01000. The van der Waals surface area contributed by atoms with Gasteiger partial charge in [-0.1, -0.05) is 28.9 Å². The van der Waals surface area contributed by atoms with Crippen LogP contribution in [0.2, 0.25) is 0 Å². The number of rotatable bonds is 2. The maximum atomic E-state index is 6.03. The molecular weight excluding hydrogens is 270 g/mol. The molecule has 1 aromatic rings. The van der Waals surface area contributed by atoms with E-state index in [1.54, 1.807) is 0 Å². The van der Waals surface area contributed by atoms with Crippen LogP contribution in [0.4, 0.5) is 0 Å². The van der Waals surface area contributed by atoms with E-state index in [1.165, 1.54) is 17.7 Å². The van der Waals surface area contributed by atoms with E-state index in [9.17, 15) is 0 Å². The van der Waals surface area contributed by atoms with Crippen molar-refractivity contribution in [3.8, 4) is 0 Å². The van der Waals surface area contributed by atoms with Crippen molar-refractivity contribution in [3.63, 3.8) is 0 Å². The molecule has 0 bridgehead atoms. The van der Waals surface area contributed by atoms with Gasteiger partial charge in [0, 0.05) is 20.7 Å². The van der Waals surface area contributed by atoms with E-state index >= 15 is 0 Å². The molecule has 1 nitrogen and oxygen atoms in total. The van der Waals surface area contributed by atoms with Gasteiger partial charge in [-0.2, -0.15) is 0 Å². The summed E-state index contributed by atoms with van der Waals surface area (Å²) < 4.78 is 1.16. The fourth-order valence-corrected chi connectivity index (χ4v) is 3.96. The number of nitrogens with two attached hydrogens (primary N) is 1. The van der Waals surface area contributed by atoms with Crippen molar-refractivity contribution in [1.29, 1.82) is 0 Å². The lowest BCUT2D eigenvalue weighted by Gasteiger charge is -2.17. The van der Waals surface area contributed by atoms with E-state index in [0.29, 0.717) is 17.2 Å². The molecule has 82 valence electrons. The SMILES string of the molecule is CC1C(N)CCC1Sc1cccc(Br)c1. The Morgan fingerprint density at radius 3 is 2.80 bits per heavy atom. The first-order valence-corrected chi connectivity index (χ1v) is 7.02. The van der Waals surface area contributed by atoms with Crippen LogP contribution < -0.4 is 5.73 Å². The molecule has 1 aliphatic carbocycles. The lowest BCUT2D eigenvalue weighted by molar-refractivity contribution is 0.535. The molecule has 2 N–H and O–H groups in total. The van der Waals surface area contributed by atoms with Gasteiger partial charge in [0.05, 0.1) is 0 Å². The first kappa shape index (κ1) is 11.5. The maximum Gasteiger partial charge on any atom is 0.0186 e. The Kier molecular flexibility index (Phi) is 3.75. The first-order valence-electron chi connectivity index (χ1n) is 5.34. The van der Waals surface area contributed by atoms with Gasteiger partial charge in [0.2, 0.25) is 0 Å². The zero-order chi connectivity index (χ0) is 10.8. The molecule has 2 rings (SSSR count). The predicted molar refractivity (Wildman–Crippen MR) is 70.2 cm³/mol. The summed E-state index contributed by atoms with van der Waals surface area (Å²) in [7, 11) is 0. The molecule has 3 unspecified atom stereocenters. The van der Waals surface area contributed by atoms with Gasteiger partial charge in [0.1, 0.15) is 0 Å². The Bertz CT molecular complexity index is 342. The molecule has 1 aliphatic rings. The highest BCUT2D eigenvalue weighted by molar-refractivity contribution is 9.10. The normalized spacial score (nSPS) is 30.7. The van der Waals surface area contributed by atoms with E-state index in [0.717, 1.165) is 4.47 Å². The number of thioether (sulfide) groups is 1. The second-order valence-electron chi connectivity index (χ2n) is 4.21. The van der Waals surface area contributed by atoms with Crippen molar-refractivity contribution in [3.05, 3.63) is 28.7 Å². The summed E-state index contributed by atoms with van der Waals surface area (Å²) in [5.41, 5.74) is 6.03. The lowest BCUT2D eigenvalue weighted by Crippen LogP contribution is -2.25. The molecule has 0 amide bonds. The van der Waals surface area contributed by atoms with E-state index in [2.05, 4.69) is 47.1 Å². The van der Waals surface area contributed by atoms with Crippen LogP contribution in [0.15, 0.2) is 33.6 Å². The minimum Gasteiger partial charge on any atom is -0.327 e. The fraction of sp³-hybridized carbons (Fsp3) is 0.500. The quantitative estimate of drug-likeness (QED) is 0.897. The Labute approximate surface area is 104 Å². The summed E-state index contributed by atoms with van der Waals surface area (Å²) in [4.78, 5) is 1.34. The van der Waals surface area contributed by atoms with E-state index in [1.807, 2.05) is 11.8 Å². The van der Waals surface area contributed by atoms with Crippen LogP contribution in [0.5, 0.6) is 0 Å². The van der Waals surface area contributed by atoms with Crippen molar-refractivity contribution in [2.24, 2.45) is 11.7 Å². The monoisotopic (exact) mass is 285 g/mol. The van der Waals surface area contributed by atoms with Gasteiger partial charge in [-0.15, -0.1) is 11.8 Å². The van der Waals surface area contributed by atoms with Gasteiger partial charge < -0.3 is 5.73 Å². The third-order valence-corrected chi connectivity index (χ3v) is 5.12. The highest BCUT2D eigenvalue weighted by Gasteiger charge is 2.30. The van der Waals surface area contributed by atoms with Gasteiger partial charge >= 0.3 is 0 Å². The molecule has 3 atom stereocenters. The van der Waals surface area contributed by atoms with Gasteiger partial charge in [-0.3, -0.25) is 0 Å². The minimum absolute atomic E-state index is 0.398. The second-order valence-corrected chi connectivity index (χ2v) is 6.44. The average Bonchev–Trinajstić information content (AvgIpc) is 2.50. The van der Waals surface area contributed by atoms with Crippen molar-refractivity contribution in [2.75, 3.05) is 0 Å². The molecular formula is C12H16BrNS. The second kappa shape index (κ2) is 4.89. The Morgan fingerprint density at radius 2 is 2.20 bits per heavy atom. The number of benzene rings is 1. The molecule has 0 radical (unpaired) electrons. The highest BCUT2D eigenvalue weighted by atomic mass is 79.9. The summed E-state index contributed by atoms with van der Waals surface area (Å²) in [5, 5.41) is 0.689. The summed E-state index contributed by atoms with van der Waals surface area (Å²) in [6.45, 7) is 2.27. The number of hydrogen-bond acceptors (Lipinski definition) is 2. The molecule has 3 heteroatoms. The molecule has 1 aromatic carbocycles. The van der Waals surface area contributed by atoms with Crippen LogP contribution in [0.25, 0.3) is 0 Å². The first-order chi connectivity index (χ1) is 7.16. The molecule has 0 saturated heterocycles. The van der Waals surface area contributed by atoms with Crippen molar-refractivity contribution in [1.82, 2.24) is 0 Å². The minimum atomic E-state index is 0.398. The summed E-state index contributed by atoms with van der Waals surface area (Å²) in [6, 6.07) is 8.90. The molecule has 0 heterocycles. The largest absolute Gasteiger partial charge is 0.327 e. The van der Waals surface area contributed by atoms with Crippen LogP contribution in [-0.2, 0) is 0 Å². The van der Waals surface area contributed by atoms with Gasteiger partial charge in [0.25, 0.3) is 0 Å². The molecule has 1 fully saturated rings. The number of halogens is 1. The van der Waals surface area contributed by atoms with E-state index in [4.69, 9.17) is 5.73 Å². The third kappa shape index (κ3) is 2.77. The lowest BCUT2D eigenvalue weighted by atomic mass is 10.1. The van der Waals surface area contributed by atoms with E-state index in [-0.39, 0.29) is 0 Å². The average molecular weight is 286 g/mol. The molecule has 0 aliphatic heterocycles. The van der Waals surface area contributed by atoms with Crippen LogP contribution in [0.1, 0.15) is 19.8 Å². The Morgan fingerprint density at radius 1 is 1.40 bits per heavy atom. The summed E-state index contributed by atoms with van der Waals surface area (Å²) in [5.74, 6) is 0.633. The summed E-state index contributed by atoms with van der Waals surface area (Å²) >= 11 is 5.47. The predicted octanol–water partition coefficient (Wildman–Crippen LogP) is 3.67. The van der Waals surface area contributed by atoms with Gasteiger partial charge in [-0.25, -0.2) is 0 Å². The standard InChI is InChI=1S/C12H16BrNS/c1-8-11(14)5-6-12(8)15-10-4-2-3-9(13)7-10/h2-4,7-8,11-12H,5-6,14H2,1H3. The fourth-order valence-electron chi connectivity index (χ4n) is 2.04. The van der Waals surface area contributed by atoms with Crippen molar-refractivity contribution in [2.45, 2.75) is 36.0 Å². The molecule has 0 aromatic heterocycles. The summed E-state index contributed by atoms with van der Waals surface area (Å²) in [6.07, 6.45) is 2.42. The maximum absolute atomic E-state index is 6.03. The van der Waals surface area contributed by atoms with Crippen LogP contribution >= 0.6 is 27.7 Å². The van der Waals surface area contributed by atoms with Crippen LogP contribution in [0, 0.1) is 5.92 Å². The smallest absolute Gasteiger partial charge is 0.0186 e. The van der Waals surface area contributed by atoms with Gasteiger partial charge in [-0.05, 0) is 37.0 Å². The number of hydrogen-bond donors (Lipinski definition) is 1. The zero-order valence-corrected chi connectivity index (χ0v) is 11.2. The Balaban J connectivity index is 2.03. The third-order valence-electron chi connectivity index (χ3n) is 3.13. The zero-order valence-electron chi connectivity index (χ0n) is 8.82. The van der Waals surface area contributed by atoms with Crippen LogP contribution in [0.3, 0.4) is 0 Å². The highest BCUT2D eigenvalue weighted by Crippen LogP contribution is 2.38. The van der Waals surface area contributed by atoms with Crippen LogP contribution in [-0.4, -0.2) is 11.3 Å². The topological polar surface area (TPSA) is 26.0 Å². The van der Waals surface area contributed by atoms with E-state index < -0.39 is 0 Å². The van der Waals surface area contributed by atoms with Crippen molar-refractivity contribution < 1.29 is 0 Å². The molecule has 15 heavy (non-hydrogen) atoms. The molecule has 0 spiro atoms. The molecule has 1 saturated carbocycles. The van der Waals surface area contributed by atoms with Gasteiger partial charge in [0.15, 0.2) is 0 Å².